The Hall–Kier alpha value is -2.73. The van der Waals surface area contributed by atoms with Gasteiger partial charge in [-0.1, -0.05) is 12.1 Å². The van der Waals surface area contributed by atoms with Gasteiger partial charge in [-0.3, -0.25) is 4.98 Å². The number of hydrogen-bond donors (Lipinski definition) is 1. The van der Waals surface area contributed by atoms with Crippen LogP contribution in [0.15, 0.2) is 48.8 Å². The van der Waals surface area contributed by atoms with Crippen LogP contribution in [0, 0.1) is 0 Å². The van der Waals surface area contributed by atoms with E-state index >= 15 is 0 Å². The van der Waals surface area contributed by atoms with Crippen LogP contribution in [0.3, 0.4) is 0 Å². The smallest absolute Gasteiger partial charge is 0.348 e. The molecule has 0 bridgehead atoms. The molecule has 23 heavy (non-hydrogen) atoms. The lowest BCUT2D eigenvalue weighted by Crippen LogP contribution is -1.95. The van der Waals surface area contributed by atoms with Gasteiger partial charge in [-0.25, -0.2) is 9.78 Å². The number of methoxy groups -OCH3 is 1. The van der Waals surface area contributed by atoms with Gasteiger partial charge in [0.2, 0.25) is 0 Å². The van der Waals surface area contributed by atoms with E-state index in [-0.39, 0.29) is 4.88 Å². The maximum Gasteiger partial charge on any atom is 0.348 e. The first-order valence-corrected chi connectivity index (χ1v) is 7.75. The summed E-state index contributed by atoms with van der Waals surface area (Å²) in [6, 6.07) is 11.2. The van der Waals surface area contributed by atoms with E-state index < -0.39 is 5.97 Å². The second kappa shape index (κ2) is 6.58. The molecule has 0 saturated heterocycles. The summed E-state index contributed by atoms with van der Waals surface area (Å²) < 4.78 is 5.14. The van der Waals surface area contributed by atoms with Crippen molar-refractivity contribution in [2.45, 2.75) is 6.42 Å². The summed E-state index contributed by atoms with van der Waals surface area (Å²) in [6.07, 6.45) is 3.84. The molecule has 0 aliphatic carbocycles. The zero-order valence-corrected chi connectivity index (χ0v) is 13.2. The van der Waals surface area contributed by atoms with Crippen LogP contribution in [0.5, 0.6) is 5.75 Å². The molecule has 116 valence electrons. The molecule has 3 aromatic rings. The normalized spacial score (nSPS) is 10.5. The minimum Gasteiger partial charge on any atom is -0.497 e. The average Bonchev–Trinajstić information content (AvgIpc) is 3.00. The molecule has 0 radical (unpaired) electrons. The predicted molar refractivity (Wildman–Crippen MR) is 88.1 cm³/mol. The highest BCUT2D eigenvalue weighted by molar-refractivity contribution is 7.14. The van der Waals surface area contributed by atoms with Crippen molar-refractivity contribution in [3.63, 3.8) is 0 Å². The van der Waals surface area contributed by atoms with Crippen molar-refractivity contribution in [1.82, 2.24) is 9.97 Å². The maximum absolute atomic E-state index is 11.5. The third-order valence-corrected chi connectivity index (χ3v) is 4.38. The van der Waals surface area contributed by atoms with E-state index in [4.69, 9.17) is 4.74 Å². The SMILES string of the molecule is COc1ccc(Cc2nc(-c3ccncc3)c(C(=O)O)s2)cc1. The highest BCUT2D eigenvalue weighted by Crippen LogP contribution is 2.29. The van der Waals surface area contributed by atoms with Gasteiger partial charge in [0, 0.05) is 24.4 Å². The summed E-state index contributed by atoms with van der Waals surface area (Å²) in [7, 11) is 1.62. The first-order chi connectivity index (χ1) is 11.2. The van der Waals surface area contributed by atoms with Crippen molar-refractivity contribution < 1.29 is 14.6 Å². The van der Waals surface area contributed by atoms with E-state index in [2.05, 4.69) is 9.97 Å². The van der Waals surface area contributed by atoms with Gasteiger partial charge >= 0.3 is 5.97 Å². The number of rotatable bonds is 5. The summed E-state index contributed by atoms with van der Waals surface area (Å²) in [5.41, 5.74) is 2.31. The zero-order valence-electron chi connectivity index (χ0n) is 12.4. The summed E-state index contributed by atoms with van der Waals surface area (Å²) in [5.74, 6) is -0.174. The minimum atomic E-state index is -0.963. The van der Waals surface area contributed by atoms with Crippen molar-refractivity contribution in [2.75, 3.05) is 7.11 Å². The number of carboxylic acid groups (broad SMARTS) is 1. The van der Waals surface area contributed by atoms with Crippen molar-refractivity contribution in [3.8, 4) is 17.0 Å². The second-order valence-corrected chi connectivity index (χ2v) is 5.93. The fraction of sp³-hybridized carbons (Fsp3) is 0.118. The van der Waals surface area contributed by atoms with E-state index in [1.807, 2.05) is 24.3 Å². The Morgan fingerprint density at radius 3 is 2.48 bits per heavy atom. The van der Waals surface area contributed by atoms with Gasteiger partial charge in [-0.15, -0.1) is 11.3 Å². The van der Waals surface area contributed by atoms with E-state index in [1.165, 1.54) is 11.3 Å². The lowest BCUT2D eigenvalue weighted by Gasteiger charge is -2.01. The fourth-order valence-electron chi connectivity index (χ4n) is 2.21. The van der Waals surface area contributed by atoms with Gasteiger partial charge in [-0.2, -0.15) is 0 Å². The molecule has 2 heterocycles. The lowest BCUT2D eigenvalue weighted by molar-refractivity contribution is 0.0702. The highest BCUT2D eigenvalue weighted by Gasteiger charge is 2.18. The number of aromatic nitrogens is 2. The van der Waals surface area contributed by atoms with E-state index in [0.29, 0.717) is 12.1 Å². The summed E-state index contributed by atoms with van der Waals surface area (Å²) >= 11 is 1.20. The largest absolute Gasteiger partial charge is 0.497 e. The lowest BCUT2D eigenvalue weighted by atomic mass is 10.1. The Kier molecular flexibility index (Phi) is 4.34. The average molecular weight is 326 g/mol. The van der Waals surface area contributed by atoms with Gasteiger partial charge in [0.15, 0.2) is 0 Å². The molecule has 0 amide bonds. The molecule has 6 heteroatoms. The van der Waals surface area contributed by atoms with E-state index in [9.17, 15) is 9.90 Å². The molecule has 0 aliphatic rings. The van der Waals surface area contributed by atoms with E-state index in [1.54, 1.807) is 31.6 Å². The number of carboxylic acids is 1. The molecule has 5 nitrogen and oxygen atoms in total. The number of benzene rings is 1. The molecule has 0 fully saturated rings. The maximum atomic E-state index is 11.5. The van der Waals surface area contributed by atoms with E-state index in [0.717, 1.165) is 21.9 Å². The summed E-state index contributed by atoms with van der Waals surface area (Å²) in [4.78, 5) is 20.2. The number of hydrogen-bond acceptors (Lipinski definition) is 5. The Morgan fingerprint density at radius 2 is 1.87 bits per heavy atom. The summed E-state index contributed by atoms with van der Waals surface area (Å²) in [6.45, 7) is 0. The van der Waals surface area contributed by atoms with Gasteiger partial charge < -0.3 is 9.84 Å². The van der Waals surface area contributed by atoms with Crippen molar-refractivity contribution in [2.24, 2.45) is 0 Å². The van der Waals surface area contributed by atoms with Crippen LogP contribution < -0.4 is 4.74 Å². The predicted octanol–water partition coefficient (Wildman–Crippen LogP) is 3.50. The molecule has 0 aliphatic heterocycles. The molecular formula is C17H14N2O3S. The number of thiazole rings is 1. The van der Waals surface area contributed by atoms with Gasteiger partial charge in [-0.05, 0) is 29.8 Å². The van der Waals surface area contributed by atoms with Crippen LogP contribution >= 0.6 is 11.3 Å². The topological polar surface area (TPSA) is 72.3 Å². The van der Waals surface area contributed by atoms with Crippen LogP contribution in [0.2, 0.25) is 0 Å². The number of ether oxygens (including phenoxy) is 1. The third kappa shape index (κ3) is 3.37. The van der Waals surface area contributed by atoms with Gasteiger partial charge in [0.25, 0.3) is 0 Å². The van der Waals surface area contributed by atoms with Crippen LogP contribution in [-0.2, 0) is 6.42 Å². The van der Waals surface area contributed by atoms with Crippen LogP contribution in [0.1, 0.15) is 20.2 Å². The Morgan fingerprint density at radius 1 is 1.17 bits per heavy atom. The van der Waals surface area contributed by atoms with Gasteiger partial charge in [0.05, 0.1) is 17.8 Å². The molecular weight excluding hydrogens is 312 g/mol. The van der Waals surface area contributed by atoms with Crippen LogP contribution in [0.25, 0.3) is 11.3 Å². The molecule has 3 rings (SSSR count). The highest BCUT2D eigenvalue weighted by atomic mass is 32.1. The molecule has 0 saturated carbocycles. The standard InChI is InChI=1S/C17H14N2O3S/c1-22-13-4-2-11(3-5-13)10-14-19-15(16(23-14)17(20)21)12-6-8-18-9-7-12/h2-9H,10H2,1H3,(H,20,21). The number of aromatic carboxylic acids is 1. The molecule has 2 aromatic heterocycles. The monoisotopic (exact) mass is 326 g/mol. The molecule has 0 atom stereocenters. The van der Waals surface area contributed by atoms with Crippen LogP contribution in [0.4, 0.5) is 0 Å². The molecule has 1 aromatic carbocycles. The first kappa shape index (κ1) is 15.2. The molecule has 0 unspecified atom stereocenters. The van der Waals surface area contributed by atoms with Crippen LogP contribution in [-0.4, -0.2) is 28.2 Å². The first-order valence-electron chi connectivity index (χ1n) is 6.93. The Labute approximate surface area is 137 Å². The Balaban J connectivity index is 1.92. The second-order valence-electron chi connectivity index (χ2n) is 4.85. The zero-order chi connectivity index (χ0) is 16.2. The number of carbonyl (C=O) groups is 1. The molecule has 0 spiro atoms. The molecule has 1 N–H and O–H groups in total. The fourth-order valence-corrected chi connectivity index (χ4v) is 3.17. The van der Waals surface area contributed by atoms with Gasteiger partial charge in [0.1, 0.15) is 10.6 Å². The quantitative estimate of drug-likeness (QED) is 0.777. The third-order valence-electron chi connectivity index (χ3n) is 3.33. The van der Waals surface area contributed by atoms with Crippen molar-refractivity contribution in [3.05, 3.63) is 64.2 Å². The minimum absolute atomic E-state index is 0.250. The van der Waals surface area contributed by atoms with Crippen molar-refractivity contribution in [1.29, 1.82) is 0 Å². The Bertz CT molecular complexity index is 814. The number of pyridine rings is 1. The summed E-state index contributed by atoms with van der Waals surface area (Å²) in [5, 5.41) is 10.2. The number of nitrogens with zero attached hydrogens (tertiary/aromatic N) is 2. The van der Waals surface area contributed by atoms with Crippen molar-refractivity contribution >= 4 is 17.3 Å².